The van der Waals surface area contributed by atoms with E-state index >= 15 is 0 Å². The van der Waals surface area contributed by atoms with Gasteiger partial charge in [-0.05, 0) is 29.9 Å². The fourth-order valence-corrected chi connectivity index (χ4v) is 2.29. The van der Waals surface area contributed by atoms with Crippen LogP contribution in [0.3, 0.4) is 0 Å². The summed E-state index contributed by atoms with van der Waals surface area (Å²) in [6.45, 7) is 2.88. The van der Waals surface area contributed by atoms with Crippen LogP contribution in [0.1, 0.15) is 18.3 Å². The SMILES string of the molecule is CCc1ccc2c(c1)nc(CCS)n2CCO. The van der Waals surface area contributed by atoms with Gasteiger partial charge in [0.05, 0.1) is 17.6 Å². The number of aromatic nitrogens is 2. The van der Waals surface area contributed by atoms with Gasteiger partial charge in [0.1, 0.15) is 5.82 Å². The number of hydrogen-bond acceptors (Lipinski definition) is 3. The second kappa shape index (κ2) is 5.56. The average Bonchev–Trinajstić information content (AvgIpc) is 2.68. The Kier molecular flexibility index (Phi) is 4.07. The number of aryl methyl sites for hydroxylation is 2. The van der Waals surface area contributed by atoms with Crippen molar-refractivity contribution >= 4 is 23.7 Å². The molecule has 0 aliphatic heterocycles. The van der Waals surface area contributed by atoms with Gasteiger partial charge in [-0.15, -0.1) is 0 Å². The first kappa shape index (κ1) is 12.5. The molecular weight excluding hydrogens is 232 g/mol. The highest BCUT2D eigenvalue weighted by atomic mass is 32.1. The van der Waals surface area contributed by atoms with E-state index in [4.69, 9.17) is 5.11 Å². The van der Waals surface area contributed by atoms with Crippen LogP contribution in [0.15, 0.2) is 18.2 Å². The zero-order chi connectivity index (χ0) is 12.3. The number of aliphatic hydroxyl groups excluding tert-OH is 1. The normalized spacial score (nSPS) is 11.2. The monoisotopic (exact) mass is 250 g/mol. The highest BCUT2D eigenvalue weighted by Crippen LogP contribution is 2.19. The van der Waals surface area contributed by atoms with Crippen LogP contribution in [0.5, 0.6) is 0 Å². The van der Waals surface area contributed by atoms with Crippen LogP contribution in [0, 0.1) is 0 Å². The van der Waals surface area contributed by atoms with Crippen molar-refractivity contribution in [3.63, 3.8) is 0 Å². The number of nitrogens with zero attached hydrogens (tertiary/aromatic N) is 2. The number of benzene rings is 1. The Morgan fingerprint density at radius 2 is 2.24 bits per heavy atom. The van der Waals surface area contributed by atoms with Crippen molar-refractivity contribution in [1.29, 1.82) is 0 Å². The third kappa shape index (κ3) is 2.48. The molecule has 2 rings (SSSR count). The van der Waals surface area contributed by atoms with Crippen LogP contribution in [0.4, 0.5) is 0 Å². The van der Waals surface area contributed by atoms with Gasteiger partial charge in [-0.3, -0.25) is 0 Å². The van der Waals surface area contributed by atoms with Crippen molar-refractivity contribution in [2.45, 2.75) is 26.3 Å². The van der Waals surface area contributed by atoms with Gasteiger partial charge in [-0.25, -0.2) is 4.98 Å². The molecule has 17 heavy (non-hydrogen) atoms. The van der Waals surface area contributed by atoms with Crippen LogP contribution >= 0.6 is 12.6 Å². The van der Waals surface area contributed by atoms with Crippen LogP contribution < -0.4 is 0 Å². The van der Waals surface area contributed by atoms with Crippen LogP contribution in [-0.4, -0.2) is 27.0 Å². The quantitative estimate of drug-likeness (QED) is 0.797. The van der Waals surface area contributed by atoms with Gasteiger partial charge in [-0.2, -0.15) is 12.6 Å². The molecule has 0 unspecified atom stereocenters. The Balaban J connectivity index is 2.52. The first-order valence-corrected chi connectivity index (χ1v) is 6.63. The van der Waals surface area contributed by atoms with Gasteiger partial charge in [0.15, 0.2) is 0 Å². The molecule has 0 bridgehead atoms. The van der Waals surface area contributed by atoms with Crippen LogP contribution in [0.25, 0.3) is 11.0 Å². The summed E-state index contributed by atoms with van der Waals surface area (Å²) >= 11 is 4.25. The molecule has 0 fully saturated rings. The molecule has 0 spiro atoms. The van der Waals surface area contributed by atoms with E-state index in [1.54, 1.807) is 0 Å². The molecule has 1 aromatic carbocycles. The lowest BCUT2D eigenvalue weighted by Gasteiger charge is -2.06. The molecule has 2 aromatic rings. The third-order valence-corrected chi connectivity index (χ3v) is 3.18. The molecule has 0 amide bonds. The lowest BCUT2D eigenvalue weighted by Crippen LogP contribution is -2.07. The summed E-state index contributed by atoms with van der Waals surface area (Å²) in [6, 6.07) is 6.35. The van der Waals surface area contributed by atoms with Gasteiger partial charge in [-0.1, -0.05) is 13.0 Å². The first-order chi connectivity index (χ1) is 8.30. The fraction of sp³-hybridized carbons (Fsp3) is 0.462. The van der Waals surface area contributed by atoms with Crippen molar-refractivity contribution < 1.29 is 5.11 Å². The molecule has 1 N–H and O–H groups in total. The Hall–Kier alpha value is -1.00. The van der Waals surface area contributed by atoms with Gasteiger partial charge < -0.3 is 9.67 Å². The number of imidazole rings is 1. The predicted octanol–water partition coefficient (Wildman–Crippen LogP) is 2.06. The number of aliphatic hydroxyl groups is 1. The standard InChI is InChI=1S/C13H18N2OS/c1-2-10-3-4-12-11(9-10)14-13(5-8-17)15(12)6-7-16/h3-4,9,16-17H,2,5-8H2,1H3. The van der Waals surface area contributed by atoms with Crippen molar-refractivity contribution in [1.82, 2.24) is 9.55 Å². The highest BCUT2D eigenvalue weighted by Gasteiger charge is 2.09. The van der Waals surface area contributed by atoms with Gasteiger partial charge >= 0.3 is 0 Å². The van der Waals surface area contributed by atoms with Gasteiger partial charge in [0.2, 0.25) is 0 Å². The summed E-state index contributed by atoms with van der Waals surface area (Å²) in [4.78, 5) is 4.63. The minimum atomic E-state index is 0.139. The van der Waals surface area contributed by atoms with Crippen molar-refractivity contribution in [3.05, 3.63) is 29.6 Å². The Bertz CT molecular complexity index is 507. The van der Waals surface area contributed by atoms with Crippen molar-refractivity contribution in [2.75, 3.05) is 12.4 Å². The Morgan fingerprint density at radius 3 is 2.88 bits per heavy atom. The van der Waals surface area contributed by atoms with Crippen molar-refractivity contribution in [2.24, 2.45) is 0 Å². The van der Waals surface area contributed by atoms with Gasteiger partial charge in [0, 0.05) is 13.0 Å². The minimum Gasteiger partial charge on any atom is -0.395 e. The third-order valence-electron chi connectivity index (χ3n) is 2.96. The van der Waals surface area contributed by atoms with E-state index in [1.807, 2.05) is 0 Å². The summed E-state index contributed by atoms with van der Waals surface area (Å²) < 4.78 is 2.09. The number of fused-ring (bicyclic) bond motifs is 1. The van der Waals surface area contributed by atoms with E-state index in [9.17, 15) is 0 Å². The predicted molar refractivity (Wildman–Crippen MR) is 73.8 cm³/mol. The lowest BCUT2D eigenvalue weighted by atomic mass is 10.1. The summed E-state index contributed by atoms with van der Waals surface area (Å²) in [6.07, 6.45) is 1.85. The highest BCUT2D eigenvalue weighted by molar-refractivity contribution is 7.80. The largest absolute Gasteiger partial charge is 0.395 e. The Labute approximate surface area is 107 Å². The lowest BCUT2D eigenvalue weighted by molar-refractivity contribution is 0.276. The molecule has 0 aliphatic rings. The first-order valence-electron chi connectivity index (χ1n) is 6.00. The topological polar surface area (TPSA) is 38.0 Å². The molecule has 92 valence electrons. The molecular formula is C13H18N2OS. The molecule has 0 aliphatic carbocycles. The average molecular weight is 250 g/mol. The zero-order valence-corrected chi connectivity index (χ0v) is 11.0. The van der Waals surface area contributed by atoms with E-state index in [0.717, 1.165) is 35.5 Å². The smallest absolute Gasteiger partial charge is 0.110 e. The molecule has 1 heterocycles. The number of hydrogen-bond donors (Lipinski definition) is 2. The molecule has 0 atom stereocenters. The maximum absolute atomic E-state index is 9.12. The van der Waals surface area contributed by atoms with Crippen LogP contribution in [0.2, 0.25) is 0 Å². The number of rotatable bonds is 5. The molecule has 1 aromatic heterocycles. The van der Waals surface area contributed by atoms with Gasteiger partial charge in [0.25, 0.3) is 0 Å². The second-order valence-electron chi connectivity index (χ2n) is 4.05. The van der Waals surface area contributed by atoms with E-state index in [0.29, 0.717) is 6.54 Å². The maximum atomic E-state index is 9.12. The maximum Gasteiger partial charge on any atom is 0.110 e. The molecule has 4 heteroatoms. The minimum absolute atomic E-state index is 0.139. The molecule has 0 radical (unpaired) electrons. The van der Waals surface area contributed by atoms with E-state index in [-0.39, 0.29) is 6.61 Å². The second-order valence-corrected chi connectivity index (χ2v) is 4.50. The van der Waals surface area contributed by atoms with Crippen molar-refractivity contribution in [3.8, 4) is 0 Å². The summed E-state index contributed by atoms with van der Waals surface area (Å²) in [5, 5.41) is 9.12. The van der Waals surface area contributed by atoms with E-state index in [2.05, 4.69) is 47.3 Å². The summed E-state index contributed by atoms with van der Waals surface area (Å²) in [5.41, 5.74) is 3.42. The van der Waals surface area contributed by atoms with Crippen LogP contribution in [-0.2, 0) is 19.4 Å². The summed E-state index contributed by atoms with van der Waals surface area (Å²) in [5.74, 6) is 1.78. The zero-order valence-electron chi connectivity index (χ0n) is 10.1. The summed E-state index contributed by atoms with van der Waals surface area (Å²) in [7, 11) is 0. The molecule has 0 saturated carbocycles. The van der Waals surface area contributed by atoms with E-state index < -0.39 is 0 Å². The number of thiol groups is 1. The molecule has 0 saturated heterocycles. The molecule has 3 nitrogen and oxygen atoms in total. The van der Waals surface area contributed by atoms with E-state index in [1.165, 1.54) is 5.56 Å². The Morgan fingerprint density at radius 1 is 1.41 bits per heavy atom. The fourth-order valence-electron chi connectivity index (χ4n) is 2.09.